The fraction of sp³-hybridized carbons (Fsp3) is 0.182. The van der Waals surface area contributed by atoms with Crippen LogP contribution in [0.1, 0.15) is 11.4 Å². The first-order chi connectivity index (χ1) is 8.77. The molecule has 2 aromatic rings. The van der Waals surface area contributed by atoms with Crippen LogP contribution in [0.5, 0.6) is 0 Å². The Bertz CT molecular complexity index is 730. The number of hydrogen-bond acceptors (Lipinski definition) is 3. The molecule has 0 saturated carbocycles. The van der Waals surface area contributed by atoms with Crippen molar-refractivity contribution in [2.75, 3.05) is 0 Å². The number of rotatable bonds is 3. The molecule has 0 spiro atoms. The number of imidazole rings is 1. The summed E-state index contributed by atoms with van der Waals surface area (Å²) in [6.45, 7) is 2.04. The van der Waals surface area contributed by atoms with Gasteiger partial charge in [0.2, 0.25) is 0 Å². The Morgan fingerprint density at radius 3 is 2.68 bits per heavy atom. The molecule has 0 aliphatic heterocycles. The highest BCUT2D eigenvalue weighted by atomic mass is 79.9. The maximum atomic E-state index is 13.0. The summed E-state index contributed by atoms with van der Waals surface area (Å²) in [5.41, 5.74) is 0.806. The predicted octanol–water partition coefficient (Wildman–Crippen LogP) is 3.07. The van der Waals surface area contributed by atoms with Gasteiger partial charge in [0.05, 0.1) is 0 Å². The Morgan fingerprint density at radius 2 is 2.16 bits per heavy atom. The number of nitrogens with zero attached hydrogens (tertiary/aromatic N) is 2. The van der Waals surface area contributed by atoms with Crippen LogP contribution >= 0.6 is 26.6 Å². The minimum absolute atomic E-state index is 0.190. The second kappa shape index (κ2) is 5.22. The Labute approximate surface area is 122 Å². The van der Waals surface area contributed by atoms with E-state index in [1.165, 1.54) is 18.3 Å². The summed E-state index contributed by atoms with van der Waals surface area (Å²) in [6, 6.07) is 4.31. The van der Waals surface area contributed by atoms with E-state index in [-0.39, 0.29) is 10.8 Å². The lowest BCUT2D eigenvalue weighted by Crippen LogP contribution is -2.01. The standard InChI is InChI=1S/C11H9BrClFN2O2S/c1-7-15-11(19(13,17)18)6-16(7)5-8-2-3-9(14)4-10(8)12/h2-4,6H,5H2,1H3. The molecule has 0 unspecified atom stereocenters. The van der Waals surface area contributed by atoms with Gasteiger partial charge in [0.1, 0.15) is 11.6 Å². The van der Waals surface area contributed by atoms with Crippen molar-refractivity contribution < 1.29 is 12.8 Å². The lowest BCUT2D eigenvalue weighted by Gasteiger charge is -2.07. The van der Waals surface area contributed by atoms with Gasteiger partial charge >= 0.3 is 0 Å². The smallest absolute Gasteiger partial charge is 0.280 e. The van der Waals surface area contributed by atoms with Gasteiger partial charge in [-0.15, -0.1) is 0 Å². The van der Waals surface area contributed by atoms with Gasteiger partial charge in [0, 0.05) is 27.9 Å². The molecule has 1 aromatic carbocycles. The number of aromatic nitrogens is 2. The number of aryl methyl sites for hydroxylation is 1. The van der Waals surface area contributed by atoms with Crippen LogP contribution in [0.3, 0.4) is 0 Å². The van der Waals surface area contributed by atoms with E-state index in [1.807, 2.05) is 0 Å². The van der Waals surface area contributed by atoms with Gasteiger partial charge in [-0.05, 0) is 24.6 Å². The van der Waals surface area contributed by atoms with Crippen LogP contribution in [0.25, 0.3) is 0 Å². The molecule has 8 heteroatoms. The van der Waals surface area contributed by atoms with Gasteiger partial charge in [-0.25, -0.2) is 17.8 Å². The summed E-state index contributed by atoms with van der Waals surface area (Å²) in [6.07, 6.45) is 1.35. The Kier molecular flexibility index (Phi) is 3.98. The monoisotopic (exact) mass is 366 g/mol. The van der Waals surface area contributed by atoms with Crippen LogP contribution in [0.15, 0.2) is 33.9 Å². The number of hydrogen-bond donors (Lipinski definition) is 0. The number of benzene rings is 1. The number of halogens is 3. The first kappa shape index (κ1) is 14.5. The summed E-state index contributed by atoms with van der Waals surface area (Å²) in [5, 5.41) is -0.190. The highest BCUT2D eigenvalue weighted by molar-refractivity contribution is 9.10. The van der Waals surface area contributed by atoms with Crippen LogP contribution < -0.4 is 0 Å². The third-order valence-corrected chi connectivity index (χ3v) is 4.47. The van der Waals surface area contributed by atoms with E-state index in [9.17, 15) is 12.8 Å². The van der Waals surface area contributed by atoms with Crippen molar-refractivity contribution in [1.82, 2.24) is 9.55 Å². The largest absolute Gasteiger partial charge is 0.329 e. The SMILES string of the molecule is Cc1nc(S(=O)(=O)Cl)cn1Cc1ccc(F)cc1Br. The molecule has 102 valence electrons. The van der Waals surface area contributed by atoms with Gasteiger partial charge in [-0.1, -0.05) is 22.0 Å². The minimum atomic E-state index is -3.85. The molecule has 0 fully saturated rings. The zero-order valence-corrected chi connectivity index (χ0v) is 12.9. The fourth-order valence-electron chi connectivity index (χ4n) is 1.59. The van der Waals surface area contributed by atoms with Crippen molar-refractivity contribution in [3.63, 3.8) is 0 Å². The normalized spacial score (nSPS) is 11.8. The lowest BCUT2D eigenvalue weighted by molar-refractivity contribution is 0.606. The molecule has 0 atom stereocenters. The van der Waals surface area contributed by atoms with Crippen molar-refractivity contribution in [2.45, 2.75) is 18.5 Å². The predicted molar refractivity (Wildman–Crippen MR) is 73.2 cm³/mol. The minimum Gasteiger partial charge on any atom is -0.329 e. The first-order valence-electron chi connectivity index (χ1n) is 5.20. The summed E-state index contributed by atoms with van der Waals surface area (Å²) in [7, 11) is 1.39. The van der Waals surface area contributed by atoms with E-state index in [2.05, 4.69) is 20.9 Å². The molecule has 0 saturated heterocycles. The van der Waals surface area contributed by atoms with Crippen molar-refractivity contribution in [3.05, 3.63) is 46.1 Å². The molecule has 0 radical (unpaired) electrons. The zero-order chi connectivity index (χ0) is 14.2. The van der Waals surface area contributed by atoms with Gasteiger partial charge < -0.3 is 4.57 Å². The van der Waals surface area contributed by atoms with Crippen molar-refractivity contribution in [3.8, 4) is 0 Å². The molecule has 0 aliphatic rings. The molecular weight excluding hydrogens is 359 g/mol. The van der Waals surface area contributed by atoms with Crippen molar-refractivity contribution >= 4 is 35.7 Å². The van der Waals surface area contributed by atoms with Crippen molar-refractivity contribution in [2.24, 2.45) is 0 Å². The topological polar surface area (TPSA) is 52.0 Å². The van der Waals surface area contributed by atoms with Crippen LogP contribution in [-0.4, -0.2) is 18.0 Å². The molecule has 1 aromatic heterocycles. The van der Waals surface area contributed by atoms with Crippen LogP contribution in [0, 0.1) is 12.7 Å². The Balaban J connectivity index is 2.36. The van der Waals surface area contributed by atoms with Gasteiger partial charge in [-0.2, -0.15) is 0 Å². The third-order valence-electron chi connectivity index (χ3n) is 2.56. The molecule has 4 nitrogen and oxygen atoms in total. The van der Waals surface area contributed by atoms with E-state index in [0.29, 0.717) is 16.8 Å². The molecule has 2 rings (SSSR count). The van der Waals surface area contributed by atoms with Gasteiger partial charge in [0.25, 0.3) is 9.05 Å². The third kappa shape index (κ3) is 3.34. The molecule has 0 amide bonds. The quantitative estimate of drug-likeness (QED) is 0.784. The molecular formula is C11H9BrClFN2O2S. The van der Waals surface area contributed by atoms with Gasteiger partial charge in [-0.3, -0.25) is 0 Å². The maximum Gasteiger partial charge on any atom is 0.280 e. The average Bonchev–Trinajstić information content (AvgIpc) is 2.64. The van der Waals surface area contributed by atoms with E-state index < -0.39 is 9.05 Å². The summed E-state index contributed by atoms with van der Waals surface area (Å²) in [5.74, 6) is 0.164. The fourth-order valence-corrected chi connectivity index (χ4v) is 2.78. The average molecular weight is 368 g/mol. The maximum absolute atomic E-state index is 13.0. The second-order valence-electron chi connectivity index (χ2n) is 3.93. The summed E-state index contributed by atoms with van der Waals surface area (Å²) >= 11 is 3.26. The Morgan fingerprint density at radius 1 is 1.47 bits per heavy atom. The highest BCUT2D eigenvalue weighted by Gasteiger charge is 2.16. The summed E-state index contributed by atoms with van der Waals surface area (Å²) in [4.78, 5) is 3.88. The second-order valence-corrected chi connectivity index (χ2v) is 7.29. The van der Waals surface area contributed by atoms with E-state index >= 15 is 0 Å². The molecule has 0 aliphatic carbocycles. The lowest BCUT2D eigenvalue weighted by atomic mass is 10.2. The van der Waals surface area contributed by atoms with Crippen LogP contribution in [0.2, 0.25) is 0 Å². The molecule has 0 bridgehead atoms. The van der Waals surface area contributed by atoms with Crippen LogP contribution in [0.4, 0.5) is 4.39 Å². The van der Waals surface area contributed by atoms with Crippen LogP contribution in [-0.2, 0) is 15.6 Å². The van der Waals surface area contributed by atoms with Crippen molar-refractivity contribution in [1.29, 1.82) is 0 Å². The zero-order valence-electron chi connectivity index (χ0n) is 9.77. The summed E-state index contributed by atoms with van der Waals surface area (Å²) < 4.78 is 37.6. The molecule has 0 N–H and O–H groups in total. The highest BCUT2D eigenvalue weighted by Crippen LogP contribution is 2.21. The Hall–Kier alpha value is -0.920. The van der Waals surface area contributed by atoms with E-state index in [0.717, 1.165) is 5.56 Å². The molecule has 1 heterocycles. The first-order valence-corrected chi connectivity index (χ1v) is 8.30. The van der Waals surface area contributed by atoms with E-state index in [1.54, 1.807) is 17.6 Å². The molecule has 19 heavy (non-hydrogen) atoms. The van der Waals surface area contributed by atoms with E-state index in [4.69, 9.17) is 10.7 Å². The van der Waals surface area contributed by atoms with Gasteiger partial charge in [0.15, 0.2) is 5.03 Å².